The Morgan fingerprint density at radius 3 is 2.52 bits per heavy atom. The van der Waals surface area contributed by atoms with Crippen LogP contribution < -0.4 is 10.5 Å². The molecule has 0 atom stereocenters. The number of aromatic nitrogens is 1. The first-order valence-corrected chi connectivity index (χ1v) is 6.29. The Morgan fingerprint density at radius 1 is 1.19 bits per heavy atom. The van der Waals surface area contributed by atoms with Crippen molar-refractivity contribution in [2.45, 2.75) is 12.8 Å². The highest BCUT2D eigenvalue weighted by Crippen LogP contribution is 2.23. The minimum atomic E-state index is -0.838. The summed E-state index contributed by atoms with van der Waals surface area (Å²) >= 11 is 0. The van der Waals surface area contributed by atoms with Crippen molar-refractivity contribution in [1.29, 1.82) is 0 Å². The number of hydrogen-bond donors (Lipinski definition) is 2. The molecule has 0 bridgehead atoms. The fraction of sp³-hybridized carbons (Fsp3) is 0.133. The zero-order chi connectivity index (χ0) is 15.2. The zero-order valence-electron chi connectivity index (χ0n) is 11.2. The second-order valence-corrected chi connectivity index (χ2v) is 4.36. The van der Waals surface area contributed by atoms with Crippen LogP contribution in [0.15, 0.2) is 42.6 Å². The van der Waals surface area contributed by atoms with Crippen LogP contribution >= 0.6 is 0 Å². The number of aryl methyl sites for hydroxylation is 1. The molecule has 108 valence electrons. The van der Waals surface area contributed by atoms with Crippen LogP contribution in [0.1, 0.15) is 22.3 Å². The largest absolute Gasteiger partial charge is 0.481 e. The molecule has 0 spiro atoms. The smallest absolute Gasteiger partial charge is 0.303 e. The van der Waals surface area contributed by atoms with Crippen LogP contribution in [-0.2, 0) is 11.2 Å². The van der Waals surface area contributed by atoms with Crippen LogP contribution in [0.5, 0.6) is 11.6 Å². The van der Waals surface area contributed by atoms with E-state index in [4.69, 9.17) is 15.6 Å². The molecule has 0 saturated heterocycles. The predicted octanol–water partition coefficient (Wildman–Crippen LogP) is 1.99. The molecule has 0 unspecified atom stereocenters. The average molecular weight is 286 g/mol. The second kappa shape index (κ2) is 6.51. The van der Waals surface area contributed by atoms with Gasteiger partial charge in [-0.2, -0.15) is 0 Å². The average Bonchev–Trinajstić information content (AvgIpc) is 2.47. The van der Waals surface area contributed by atoms with Gasteiger partial charge in [0.15, 0.2) is 0 Å². The van der Waals surface area contributed by atoms with Crippen LogP contribution in [0, 0.1) is 0 Å². The van der Waals surface area contributed by atoms with Crippen molar-refractivity contribution in [3.05, 3.63) is 53.7 Å². The molecule has 1 aromatic carbocycles. The number of ether oxygens (including phenoxy) is 1. The van der Waals surface area contributed by atoms with Crippen molar-refractivity contribution in [2.24, 2.45) is 5.73 Å². The Morgan fingerprint density at radius 2 is 1.90 bits per heavy atom. The summed E-state index contributed by atoms with van der Waals surface area (Å²) in [5, 5.41) is 8.63. The number of amides is 1. The third kappa shape index (κ3) is 4.04. The van der Waals surface area contributed by atoms with E-state index in [0.29, 0.717) is 12.2 Å². The topological polar surface area (TPSA) is 103 Å². The number of carbonyl (C=O) groups excluding carboxylic acids is 1. The standard InChI is InChI=1S/C15H14N2O4/c16-14(20)12-2-1-9-17-15(12)21-11-6-3-10(4-7-11)5-8-13(18)19/h1-4,6-7,9H,5,8H2,(H2,16,20)(H,18,19). The molecule has 0 aliphatic rings. The Kier molecular flexibility index (Phi) is 4.50. The molecule has 2 rings (SSSR count). The number of nitrogens with zero attached hydrogens (tertiary/aromatic N) is 1. The SMILES string of the molecule is NC(=O)c1cccnc1Oc1ccc(CCC(=O)O)cc1. The number of benzene rings is 1. The van der Waals surface area contributed by atoms with E-state index in [1.165, 1.54) is 12.3 Å². The highest BCUT2D eigenvalue weighted by molar-refractivity contribution is 5.95. The molecule has 1 aromatic heterocycles. The Labute approximate surface area is 121 Å². The molecule has 1 heterocycles. The third-order valence-corrected chi connectivity index (χ3v) is 2.80. The van der Waals surface area contributed by atoms with E-state index in [0.717, 1.165) is 5.56 Å². The first-order chi connectivity index (χ1) is 10.1. The molecule has 0 radical (unpaired) electrons. The molecule has 2 aromatic rings. The maximum atomic E-state index is 11.3. The van der Waals surface area contributed by atoms with E-state index < -0.39 is 11.9 Å². The quantitative estimate of drug-likeness (QED) is 0.845. The van der Waals surface area contributed by atoms with Crippen molar-refractivity contribution < 1.29 is 19.4 Å². The molecular weight excluding hydrogens is 272 g/mol. The monoisotopic (exact) mass is 286 g/mol. The second-order valence-electron chi connectivity index (χ2n) is 4.36. The van der Waals surface area contributed by atoms with Gasteiger partial charge < -0.3 is 15.6 Å². The summed E-state index contributed by atoms with van der Waals surface area (Å²) in [7, 11) is 0. The lowest BCUT2D eigenvalue weighted by Gasteiger charge is -2.08. The number of carbonyl (C=O) groups is 2. The van der Waals surface area contributed by atoms with Crippen LogP contribution in [0.25, 0.3) is 0 Å². The van der Waals surface area contributed by atoms with Crippen LogP contribution in [0.4, 0.5) is 0 Å². The van der Waals surface area contributed by atoms with E-state index >= 15 is 0 Å². The molecule has 6 nitrogen and oxygen atoms in total. The summed E-state index contributed by atoms with van der Waals surface area (Å²) in [5.74, 6) is -0.815. The molecule has 0 saturated carbocycles. The summed E-state index contributed by atoms with van der Waals surface area (Å²) in [6.45, 7) is 0. The lowest BCUT2D eigenvalue weighted by Crippen LogP contribution is -2.12. The molecule has 1 amide bonds. The third-order valence-electron chi connectivity index (χ3n) is 2.80. The van der Waals surface area contributed by atoms with Crippen LogP contribution in [-0.4, -0.2) is 22.0 Å². The van der Waals surface area contributed by atoms with Crippen molar-refractivity contribution in [2.75, 3.05) is 0 Å². The number of hydrogen-bond acceptors (Lipinski definition) is 4. The Balaban J connectivity index is 2.10. The minimum Gasteiger partial charge on any atom is -0.481 e. The highest BCUT2D eigenvalue weighted by Gasteiger charge is 2.10. The van der Waals surface area contributed by atoms with E-state index in [9.17, 15) is 9.59 Å². The maximum absolute atomic E-state index is 11.3. The van der Waals surface area contributed by atoms with Crippen molar-refractivity contribution in [3.63, 3.8) is 0 Å². The molecule has 3 N–H and O–H groups in total. The van der Waals surface area contributed by atoms with Gasteiger partial charge in [-0.05, 0) is 36.2 Å². The van der Waals surface area contributed by atoms with Gasteiger partial charge in [0, 0.05) is 12.6 Å². The number of carboxylic acid groups (broad SMARTS) is 1. The number of rotatable bonds is 6. The van der Waals surface area contributed by atoms with Crippen LogP contribution in [0.2, 0.25) is 0 Å². The molecule has 0 aliphatic carbocycles. The Bertz CT molecular complexity index is 653. The molecule has 6 heteroatoms. The normalized spacial score (nSPS) is 10.1. The van der Waals surface area contributed by atoms with Crippen molar-refractivity contribution in [3.8, 4) is 11.6 Å². The van der Waals surface area contributed by atoms with Crippen molar-refractivity contribution >= 4 is 11.9 Å². The summed E-state index contributed by atoms with van der Waals surface area (Å²) in [6, 6.07) is 10.1. The number of nitrogens with two attached hydrogens (primary N) is 1. The first kappa shape index (κ1) is 14.5. The zero-order valence-corrected chi connectivity index (χ0v) is 11.2. The molecular formula is C15H14N2O4. The number of primary amides is 1. The van der Waals surface area contributed by atoms with Gasteiger partial charge in [0.05, 0.1) is 0 Å². The molecule has 0 fully saturated rings. The lowest BCUT2D eigenvalue weighted by molar-refractivity contribution is -0.136. The van der Waals surface area contributed by atoms with Gasteiger partial charge in [0.2, 0.25) is 5.88 Å². The lowest BCUT2D eigenvalue weighted by atomic mass is 10.1. The van der Waals surface area contributed by atoms with Gasteiger partial charge in [0.25, 0.3) is 5.91 Å². The number of carboxylic acids is 1. The van der Waals surface area contributed by atoms with Gasteiger partial charge in [-0.1, -0.05) is 12.1 Å². The van der Waals surface area contributed by atoms with Crippen LogP contribution in [0.3, 0.4) is 0 Å². The Hall–Kier alpha value is -2.89. The van der Waals surface area contributed by atoms with E-state index in [-0.39, 0.29) is 17.9 Å². The molecule has 0 aliphatic heterocycles. The van der Waals surface area contributed by atoms with Gasteiger partial charge in [-0.3, -0.25) is 9.59 Å². The number of aliphatic carboxylic acids is 1. The molecule has 21 heavy (non-hydrogen) atoms. The summed E-state index contributed by atoms with van der Waals surface area (Å²) in [6.07, 6.45) is 2.03. The fourth-order valence-electron chi connectivity index (χ4n) is 1.75. The van der Waals surface area contributed by atoms with E-state index in [2.05, 4.69) is 4.98 Å². The predicted molar refractivity (Wildman–Crippen MR) is 75.2 cm³/mol. The number of pyridine rings is 1. The minimum absolute atomic E-state index is 0.0757. The maximum Gasteiger partial charge on any atom is 0.303 e. The van der Waals surface area contributed by atoms with Gasteiger partial charge in [-0.25, -0.2) is 4.98 Å². The van der Waals surface area contributed by atoms with Gasteiger partial charge in [-0.15, -0.1) is 0 Å². The summed E-state index contributed by atoms with van der Waals surface area (Å²) < 4.78 is 5.52. The van der Waals surface area contributed by atoms with Gasteiger partial charge in [0.1, 0.15) is 11.3 Å². The highest BCUT2D eigenvalue weighted by atomic mass is 16.5. The fourth-order valence-corrected chi connectivity index (χ4v) is 1.75. The van der Waals surface area contributed by atoms with E-state index in [1.54, 1.807) is 30.3 Å². The summed E-state index contributed by atoms with van der Waals surface area (Å²) in [5.41, 5.74) is 6.34. The summed E-state index contributed by atoms with van der Waals surface area (Å²) in [4.78, 5) is 25.7. The first-order valence-electron chi connectivity index (χ1n) is 6.29. The van der Waals surface area contributed by atoms with E-state index in [1.807, 2.05) is 0 Å². The van der Waals surface area contributed by atoms with Crippen molar-refractivity contribution in [1.82, 2.24) is 4.98 Å². The van der Waals surface area contributed by atoms with Gasteiger partial charge >= 0.3 is 5.97 Å².